The number of aliphatic carboxylic acids is 1. The highest BCUT2D eigenvalue weighted by Gasteiger charge is 2.25. The molecule has 0 radical (unpaired) electrons. The minimum atomic E-state index is -1.18. The lowest BCUT2D eigenvalue weighted by atomic mass is 9.98. The van der Waals surface area contributed by atoms with Crippen LogP contribution in [0.15, 0.2) is 50.0 Å². The maximum Gasteiger partial charge on any atom is 0.340 e. The molecule has 0 aliphatic carbocycles. The van der Waals surface area contributed by atoms with Gasteiger partial charge >= 0.3 is 11.6 Å². The fourth-order valence-corrected chi connectivity index (χ4v) is 4.56. The van der Waals surface area contributed by atoms with Crippen LogP contribution in [-0.4, -0.2) is 35.0 Å². The van der Waals surface area contributed by atoms with Gasteiger partial charge in [0.15, 0.2) is 0 Å². The zero-order chi connectivity index (χ0) is 27.7. The van der Waals surface area contributed by atoms with Crippen molar-refractivity contribution in [3.63, 3.8) is 0 Å². The molecule has 2 amide bonds. The van der Waals surface area contributed by atoms with Crippen LogP contribution in [0, 0.1) is 27.7 Å². The first-order valence-corrected chi connectivity index (χ1v) is 12.3. The van der Waals surface area contributed by atoms with E-state index in [2.05, 4.69) is 10.6 Å². The lowest BCUT2D eigenvalue weighted by Gasteiger charge is -2.19. The molecule has 0 saturated carbocycles. The second-order valence-corrected chi connectivity index (χ2v) is 9.59. The molecule has 0 spiro atoms. The number of furan rings is 1. The van der Waals surface area contributed by atoms with E-state index in [-0.39, 0.29) is 18.4 Å². The third kappa shape index (κ3) is 5.18. The van der Waals surface area contributed by atoms with E-state index in [0.29, 0.717) is 27.7 Å². The molecule has 2 unspecified atom stereocenters. The van der Waals surface area contributed by atoms with Gasteiger partial charge in [-0.3, -0.25) is 9.59 Å². The highest BCUT2D eigenvalue weighted by molar-refractivity contribution is 6.00. The zero-order valence-electron chi connectivity index (χ0n) is 21.9. The van der Waals surface area contributed by atoms with Crippen LogP contribution in [0.1, 0.15) is 40.5 Å². The smallest absolute Gasteiger partial charge is 0.340 e. The van der Waals surface area contributed by atoms with Crippen molar-refractivity contribution in [1.29, 1.82) is 0 Å². The van der Waals surface area contributed by atoms with Gasteiger partial charge in [0, 0.05) is 22.8 Å². The molecule has 2 atom stereocenters. The van der Waals surface area contributed by atoms with E-state index < -0.39 is 35.5 Å². The number of carbonyl (C=O) groups is 3. The van der Waals surface area contributed by atoms with E-state index in [9.17, 15) is 24.3 Å². The van der Waals surface area contributed by atoms with Crippen LogP contribution in [0.25, 0.3) is 21.9 Å². The maximum absolute atomic E-state index is 12.8. The first kappa shape index (κ1) is 26.7. The molecule has 0 bridgehead atoms. The van der Waals surface area contributed by atoms with Crippen molar-refractivity contribution in [3.8, 4) is 0 Å². The largest absolute Gasteiger partial charge is 0.480 e. The number of carboxylic acid groups (broad SMARTS) is 1. The molecule has 38 heavy (non-hydrogen) atoms. The maximum atomic E-state index is 12.8. The molecule has 0 aliphatic heterocycles. The van der Waals surface area contributed by atoms with Gasteiger partial charge in [-0.2, -0.15) is 0 Å². The summed E-state index contributed by atoms with van der Waals surface area (Å²) in [6.45, 7) is 8.86. The predicted molar refractivity (Wildman–Crippen MR) is 142 cm³/mol. The molecule has 2 heterocycles. The van der Waals surface area contributed by atoms with E-state index in [1.165, 1.54) is 6.92 Å². The van der Waals surface area contributed by atoms with Crippen LogP contribution in [0.3, 0.4) is 0 Å². The molecule has 4 rings (SSSR count). The zero-order valence-corrected chi connectivity index (χ0v) is 21.9. The third-order valence-electron chi connectivity index (χ3n) is 6.95. The summed E-state index contributed by atoms with van der Waals surface area (Å²) in [5.41, 5.74) is 3.67. The Morgan fingerprint density at radius 2 is 1.53 bits per heavy atom. The molecule has 2 aromatic heterocycles. The third-order valence-corrected chi connectivity index (χ3v) is 6.95. The number of rotatable bonds is 8. The van der Waals surface area contributed by atoms with Gasteiger partial charge in [-0.15, -0.1) is 0 Å². The second kappa shape index (κ2) is 10.5. The van der Waals surface area contributed by atoms with E-state index in [0.717, 1.165) is 22.3 Å². The Morgan fingerprint density at radius 3 is 2.18 bits per heavy atom. The summed E-state index contributed by atoms with van der Waals surface area (Å²) in [6, 6.07) is 8.64. The number of aryl methyl sites for hydroxylation is 4. The normalized spacial score (nSPS) is 12.9. The van der Waals surface area contributed by atoms with Gasteiger partial charge in [-0.05, 0) is 57.4 Å². The summed E-state index contributed by atoms with van der Waals surface area (Å²) in [6.07, 6.45) is -0.198. The number of hydrogen-bond donors (Lipinski definition) is 3. The molecule has 0 aliphatic rings. The van der Waals surface area contributed by atoms with Crippen molar-refractivity contribution in [2.75, 3.05) is 0 Å². The van der Waals surface area contributed by atoms with Crippen molar-refractivity contribution in [3.05, 3.63) is 80.4 Å². The Kier molecular flexibility index (Phi) is 7.39. The molecule has 9 nitrogen and oxygen atoms in total. The van der Waals surface area contributed by atoms with Gasteiger partial charge in [-0.1, -0.05) is 30.3 Å². The first-order valence-electron chi connectivity index (χ1n) is 12.3. The molecule has 0 saturated heterocycles. The summed E-state index contributed by atoms with van der Waals surface area (Å²) in [5.74, 6) is -1.62. The van der Waals surface area contributed by atoms with Crippen molar-refractivity contribution in [2.45, 2.75) is 59.5 Å². The molecule has 198 valence electrons. The van der Waals surface area contributed by atoms with E-state index >= 15 is 0 Å². The summed E-state index contributed by atoms with van der Waals surface area (Å²) < 4.78 is 11.5. The van der Waals surface area contributed by atoms with Crippen LogP contribution in [-0.2, 0) is 27.2 Å². The molecule has 0 fully saturated rings. The van der Waals surface area contributed by atoms with Gasteiger partial charge in [-0.25, -0.2) is 9.59 Å². The average Bonchev–Trinajstić information content (AvgIpc) is 3.16. The van der Waals surface area contributed by atoms with Crippen molar-refractivity contribution in [2.24, 2.45) is 0 Å². The minimum Gasteiger partial charge on any atom is -0.480 e. The van der Waals surface area contributed by atoms with E-state index in [1.807, 2.05) is 32.9 Å². The summed E-state index contributed by atoms with van der Waals surface area (Å²) >= 11 is 0. The molecular formula is C29H30N2O7. The highest BCUT2D eigenvalue weighted by Crippen LogP contribution is 2.34. The quantitative estimate of drug-likeness (QED) is 0.303. The Bertz CT molecular complexity index is 1620. The van der Waals surface area contributed by atoms with Crippen LogP contribution < -0.4 is 16.3 Å². The lowest BCUT2D eigenvalue weighted by molar-refractivity contribution is -0.142. The fourth-order valence-electron chi connectivity index (χ4n) is 4.56. The average molecular weight is 519 g/mol. The Labute approximate surface area is 218 Å². The molecule has 3 N–H and O–H groups in total. The summed E-state index contributed by atoms with van der Waals surface area (Å²) in [7, 11) is 0. The van der Waals surface area contributed by atoms with E-state index in [4.69, 9.17) is 8.83 Å². The number of nitrogens with one attached hydrogen (secondary N) is 2. The number of carbonyl (C=O) groups excluding carboxylic acids is 2. The molecule has 4 aromatic rings. The summed E-state index contributed by atoms with van der Waals surface area (Å²) in [5, 5.41) is 16.2. The lowest BCUT2D eigenvalue weighted by Crippen LogP contribution is -2.51. The fraction of sp³-hybridized carbons (Fsp3) is 0.310. The number of fused-ring (bicyclic) bond motifs is 2. The second-order valence-electron chi connectivity index (χ2n) is 9.59. The van der Waals surface area contributed by atoms with Gasteiger partial charge < -0.3 is 24.6 Å². The van der Waals surface area contributed by atoms with Gasteiger partial charge in [0.2, 0.25) is 11.8 Å². The van der Waals surface area contributed by atoms with Crippen molar-refractivity contribution in [1.82, 2.24) is 10.6 Å². The number of hydrogen-bond acceptors (Lipinski definition) is 6. The van der Waals surface area contributed by atoms with Crippen LogP contribution in [0.5, 0.6) is 0 Å². The van der Waals surface area contributed by atoms with Gasteiger partial charge in [0.1, 0.15) is 29.0 Å². The number of carboxylic acids is 1. The standard InChI is InChI=1S/C29H30N2O7/c1-14-18(5)37-25-16(3)26-21(12-20(14)25)15(2)22(29(36)38-26)13-24(32)30-17(4)27(33)31-23(28(34)35)11-19-9-7-6-8-10-19/h6-10,12,17,23H,11,13H2,1-5H3,(H,30,32)(H,31,33)(H,34,35). The van der Waals surface area contributed by atoms with Gasteiger partial charge in [0.05, 0.1) is 12.0 Å². The van der Waals surface area contributed by atoms with E-state index in [1.54, 1.807) is 31.2 Å². The molecule has 9 heteroatoms. The van der Waals surface area contributed by atoms with Crippen molar-refractivity contribution < 1.29 is 28.3 Å². The SMILES string of the molecule is Cc1oc2c(C)c3oc(=O)c(CC(=O)NC(C)C(=O)NC(Cc4ccccc4)C(=O)O)c(C)c3cc2c1C. The Morgan fingerprint density at radius 1 is 0.895 bits per heavy atom. The predicted octanol–water partition coefficient (Wildman–Crippen LogP) is 3.63. The van der Waals surface area contributed by atoms with Crippen molar-refractivity contribution >= 4 is 39.7 Å². The summed E-state index contributed by atoms with van der Waals surface area (Å²) in [4.78, 5) is 50.0. The topological polar surface area (TPSA) is 139 Å². The first-order chi connectivity index (χ1) is 18.0. The van der Waals surface area contributed by atoms with Crippen LogP contribution in [0.4, 0.5) is 0 Å². The van der Waals surface area contributed by atoms with Gasteiger partial charge in [0.25, 0.3) is 0 Å². The number of benzene rings is 2. The van der Waals surface area contributed by atoms with Crippen LogP contribution in [0.2, 0.25) is 0 Å². The Balaban J connectivity index is 1.51. The monoisotopic (exact) mass is 518 g/mol. The number of amides is 2. The highest BCUT2D eigenvalue weighted by atomic mass is 16.4. The Hall–Kier alpha value is -4.40. The molecular weight excluding hydrogens is 488 g/mol. The minimum absolute atomic E-state index is 0.0995. The van der Waals surface area contributed by atoms with Crippen LogP contribution >= 0.6 is 0 Å². The molecule has 2 aromatic carbocycles.